The lowest BCUT2D eigenvalue weighted by Crippen LogP contribution is -2.30. The number of carbonyl (C=O) groups is 2. The number of hydrogen-bond acceptors (Lipinski definition) is 5. The molecular weight excluding hydrogens is 741 g/mol. The summed E-state index contributed by atoms with van der Waals surface area (Å²) in [6.07, 6.45) is 66.1. The number of hydrogen-bond donors (Lipinski definition) is 0. The molecule has 1 unspecified atom stereocenters. The van der Waals surface area contributed by atoms with Crippen LogP contribution >= 0.6 is 0 Å². The van der Waals surface area contributed by atoms with Crippen molar-refractivity contribution in [1.82, 2.24) is 0 Å². The van der Waals surface area contributed by atoms with Gasteiger partial charge in [0, 0.05) is 13.0 Å². The van der Waals surface area contributed by atoms with Gasteiger partial charge in [0.05, 0.1) is 13.0 Å². The zero-order valence-electron chi connectivity index (χ0n) is 39.5. The van der Waals surface area contributed by atoms with Crippen molar-refractivity contribution in [2.24, 2.45) is 0 Å². The van der Waals surface area contributed by atoms with E-state index < -0.39 is 6.10 Å². The van der Waals surface area contributed by atoms with Gasteiger partial charge in [0.1, 0.15) is 6.61 Å². The van der Waals surface area contributed by atoms with E-state index >= 15 is 0 Å². The summed E-state index contributed by atoms with van der Waals surface area (Å²) in [4.78, 5) is 25.3. The third-order valence-corrected chi connectivity index (χ3v) is 10.4. The molecule has 0 aromatic heterocycles. The molecule has 0 aliphatic heterocycles. The molecule has 0 radical (unpaired) electrons. The maximum absolute atomic E-state index is 12.7. The van der Waals surface area contributed by atoms with Gasteiger partial charge in [-0.1, -0.05) is 221 Å². The molecule has 0 saturated heterocycles. The average molecular weight is 835 g/mol. The fourth-order valence-corrected chi connectivity index (χ4v) is 6.73. The standard InChI is InChI=1S/C55H94O5/c1-4-7-10-13-16-19-22-24-26-27-28-30-32-35-38-41-44-47-50-58-51-53(60-55(57)49-46-43-40-37-33-21-18-15-12-9-6-3)52-59-54(56)48-45-42-39-36-34-31-29-25-23-20-17-14-11-8-5-2/h8,11,16-17,19-20,24-26,29,34,36,42,45,53H,4-7,9-10,12-15,18,21-23,27-28,30-33,35,37-41,43-44,46-52H2,1-3H3/b11-8-,19-16-,20-17-,26-24-,29-25-,36-34-,45-42-. The minimum atomic E-state index is -0.579. The summed E-state index contributed by atoms with van der Waals surface area (Å²) in [5.41, 5.74) is 0. The average Bonchev–Trinajstić information content (AvgIpc) is 3.25. The van der Waals surface area contributed by atoms with Crippen LogP contribution in [0.5, 0.6) is 0 Å². The van der Waals surface area contributed by atoms with Crippen LogP contribution in [0.3, 0.4) is 0 Å². The molecule has 0 aliphatic carbocycles. The Hall–Kier alpha value is -2.92. The van der Waals surface area contributed by atoms with Crippen molar-refractivity contribution in [3.05, 3.63) is 85.1 Å². The van der Waals surface area contributed by atoms with Crippen LogP contribution in [-0.2, 0) is 23.8 Å². The molecule has 1 atom stereocenters. The molecule has 0 aliphatic rings. The van der Waals surface area contributed by atoms with Crippen LogP contribution in [0.1, 0.15) is 226 Å². The van der Waals surface area contributed by atoms with Crippen LogP contribution in [0.25, 0.3) is 0 Å². The Morgan fingerprint density at radius 1 is 0.400 bits per heavy atom. The molecule has 5 nitrogen and oxygen atoms in total. The normalized spacial score (nSPS) is 12.9. The van der Waals surface area contributed by atoms with Gasteiger partial charge in [0.2, 0.25) is 0 Å². The molecule has 0 saturated carbocycles. The van der Waals surface area contributed by atoms with Gasteiger partial charge in [-0.2, -0.15) is 0 Å². The highest BCUT2D eigenvalue weighted by Gasteiger charge is 2.17. The summed E-state index contributed by atoms with van der Waals surface area (Å²) >= 11 is 0. The number of esters is 2. The molecule has 0 amide bonds. The minimum Gasteiger partial charge on any atom is -0.461 e. The molecule has 0 fully saturated rings. The van der Waals surface area contributed by atoms with Gasteiger partial charge in [0.15, 0.2) is 6.10 Å². The van der Waals surface area contributed by atoms with Crippen molar-refractivity contribution in [3.8, 4) is 0 Å². The fraction of sp³-hybridized carbons (Fsp3) is 0.709. The number of carbonyl (C=O) groups excluding carboxylic acids is 2. The van der Waals surface area contributed by atoms with E-state index in [1.165, 1.54) is 122 Å². The Balaban J connectivity index is 4.36. The number of unbranched alkanes of at least 4 members (excludes halogenated alkanes) is 21. The Morgan fingerprint density at radius 3 is 1.32 bits per heavy atom. The molecule has 344 valence electrons. The van der Waals surface area contributed by atoms with Gasteiger partial charge in [-0.25, -0.2) is 0 Å². The second kappa shape index (κ2) is 50.4. The molecular formula is C55H94O5. The zero-order valence-corrected chi connectivity index (χ0v) is 39.5. The zero-order chi connectivity index (χ0) is 43.5. The lowest BCUT2D eigenvalue weighted by atomic mass is 10.1. The first-order chi connectivity index (χ1) is 29.6. The summed E-state index contributed by atoms with van der Waals surface area (Å²) in [5, 5.41) is 0. The van der Waals surface area contributed by atoms with E-state index in [9.17, 15) is 9.59 Å². The third-order valence-electron chi connectivity index (χ3n) is 10.4. The molecule has 60 heavy (non-hydrogen) atoms. The lowest BCUT2D eigenvalue weighted by molar-refractivity contribution is -0.162. The lowest BCUT2D eigenvalue weighted by Gasteiger charge is -2.18. The smallest absolute Gasteiger partial charge is 0.309 e. The number of allylic oxidation sites excluding steroid dienone is 13. The van der Waals surface area contributed by atoms with Crippen LogP contribution in [0, 0.1) is 0 Å². The van der Waals surface area contributed by atoms with Gasteiger partial charge in [0.25, 0.3) is 0 Å². The molecule has 0 aromatic rings. The molecule has 0 heterocycles. The summed E-state index contributed by atoms with van der Waals surface area (Å²) < 4.78 is 17.3. The van der Waals surface area contributed by atoms with Crippen molar-refractivity contribution in [3.63, 3.8) is 0 Å². The van der Waals surface area contributed by atoms with Gasteiger partial charge in [-0.15, -0.1) is 0 Å². The van der Waals surface area contributed by atoms with Crippen molar-refractivity contribution in [2.75, 3.05) is 19.8 Å². The highest BCUT2D eigenvalue weighted by molar-refractivity contribution is 5.71. The Bertz CT molecular complexity index is 1130. The van der Waals surface area contributed by atoms with Crippen LogP contribution < -0.4 is 0 Å². The van der Waals surface area contributed by atoms with Crippen LogP contribution in [0.2, 0.25) is 0 Å². The first-order valence-electron chi connectivity index (χ1n) is 25.1. The first kappa shape index (κ1) is 57.1. The van der Waals surface area contributed by atoms with Crippen molar-refractivity contribution in [2.45, 2.75) is 232 Å². The van der Waals surface area contributed by atoms with Gasteiger partial charge < -0.3 is 14.2 Å². The Labute approximate surface area is 371 Å². The number of ether oxygens (including phenoxy) is 3. The molecule has 0 rings (SSSR count). The minimum absolute atomic E-state index is 0.0273. The van der Waals surface area contributed by atoms with Crippen molar-refractivity contribution >= 4 is 11.9 Å². The monoisotopic (exact) mass is 835 g/mol. The quantitative estimate of drug-likeness (QED) is 0.0347. The summed E-state index contributed by atoms with van der Waals surface area (Å²) in [6.45, 7) is 7.57. The largest absolute Gasteiger partial charge is 0.461 e. The maximum Gasteiger partial charge on any atom is 0.309 e. The summed E-state index contributed by atoms with van der Waals surface area (Å²) in [5.74, 6) is -0.546. The Kier molecular flexibility index (Phi) is 48.0. The summed E-state index contributed by atoms with van der Waals surface area (Å²) in [6, 6.07) is 0. The SMILES string of the molecule is CC/C=C\C/C=C\C/C=C\C/C=C\C/C=C\CC(=O)OCC(COCCCCCCCCCC/C=C\C/C=C\CCCCC)OC(=O)CCCCCCCCCCCCC. The van der Waals surface area contributed by atoms with E-state index in [2.05, 4.69) is 93.7 Å². The van der Waals surface area contributed by atoms with E-state index in [1.54, 1.807) is 0 Å². The van der Waals surface area contributed by atoms with Crippen molar-refractivity contribution in [1.29, 1.82) is 0 Å². The topological polar surface area (TPSA) is 61.8 Å². The molecule has 0 bridgehead atoms. The van der Waals surface area contributed by atoms with E-state index in [1.807, 2.05) is 12.2 Å². The van der Waals surface area contributed by atoms with Gasteiger partial charge >= 0.3 is 11.9 Å². The van der Waals surface area contributed by atoms with Crippen LogP contribution in [0.15, 0.2) is 85.1 Å². The molecule has 0 N–H and O–H groups in total. The van der Waals surface area contributed by atoms with Crippen LogP contribution in [-0.4, -0.2) is 37.9 Å². The summed E-state index contributed by atoms with van der Waals surface area (Å²) in [7, 11) is 0. The number of rotatable bonds is 45. The highest BCUT2D eigenvalue weighted by Crippen LogP contribution is 2.14. The fourth-order valence-electron chi connectivity index (χ4n) is 6.73. The molecule has 0 aromatic carbocycles. The van der Waals surface area contributed by atoms with E-state index in [-0.39, 0.29) is 31.6 Å². The van der Waals surface area contributed by atoms with Crippen LogP contribution in [0.4, 0.5) is 0 Å². The predicted octanol–water partition coefficient (Wildman–Crippen LogP) is 16.9. The van der Waals surface area contributed by atoms with E-state index in [0.29, 0.717) is 13.0 Å². The second-order valence-corrected chi connectivity index (χ2v) is 16.4. The Morgan fingerprint density at radius 2 is 0.800 bits per heavy atom. The van der Waals surface area contributed by atoms with E-state index in [4.69, 9.17) is 14.2 Å². The third kappa shape index (κ3) is 47.8. The first-order valence-corrected chi connectivity index (χ1v) is 25.1. The van der Waals surface area contributed by atoms with E-state index in [0.717, 1.165) is 70.6 Å². The van der Waals surface area contributed by atoms with Gasteiger partial charge in [-0.05, 0) is 77.0 Å². The maximum atomic E-state index is 12.7. The highest BCUT2D eigenvalue weighted by atomic mass is 16.6. The predicted molar refractivity (Wildman–Crippen MR) is 260 cm³/mol. The molecule has 0 spiro atoms. The van der Waals surface area contributed by atoms with Gasteiger partial charge in [-0.3, -0.25) is 9.59 Å². The second-order valence-electron chi connectivity index (χ2n) is 16.4. The van der Waals surface area contributed by atoms with Crippen molar-refractivity contribution < 1.29 is 23.8 Å². The molecule has 5 heteroatoms.